The van der Waals surface area contributed by atoms with Crippen molar-refractivity contribution in [1.29, 1.82) is 0 Å². The summed E-state index contributed by atoms with van der Waals surface area (Å²) < 4.78 is 0. The number of alkyl halides is 2. The standard InChI is InChI=1S/C7H10Cl2O/c1-4-2-5(8)7(10)6(9)3-4/h4-6H,2-3H2,1H3/t4?,5-,6+. The summed E-state index contributed by atoms with van der Waals surface area (Å²) in [6.45, 7) is 2.07. The van der Waals surface area contributed by atoms with Crippen molar-refractivity contribution in [2.45, 2.75) is 30.5 Å². The molecule has 0 aromatic carbocycles. The summed E-state index contributed by atoms with van der Waals surface area (Å²) >= 11 is 11.4. The molecule has 10 heavy (non-hydrogen) atoms. The van der Waals surface area contributed by atoms with Crippen LogP contribution in [-0.4, -0.2) is 16.5 Å². The maximum absolute atomic E-state index is 11.0. The highest BCUT2D eigenvalue weighted by Crippen LogP contribution is 2.28. The number of carbonyl (C=O) groups excluding carboxylic acids is 1. The van der Waals surface area contributed by atoms with Crippen LogP contribution in [0.25, 0.3) is 0 Å². The maximum Gasteiger partial charge on any atom is 0.168 e. The first kappa shape index (κ1) is 8.35. The summed E-state index contributed by atoms with van der Waals surface area (Å²) in [4.78, 5) is 11.0. The minimum absolute atomic E-state index is 0.00133. The fraction of sp³-hybridized carbons (Fsp3) is 0.857. The molecule has 58 valence electrons. The summed E-state index contributed by atoms with van der Waals surface area (Å²) in [5.41, 5.74) is 0. The Bertz CT molecular complexity index is 133. The lowest BCUT2D eigenvalue weighted by Crippen LogP contribution is -2.33. The maximum atomic E-state index is 11.0. The van der Waals surface area contributed by atoms with Crippen LogP contribution in [0, 0.1) is 5.92 Å². The summed E-state index contributed by atoms with van der Waals surface area (Å²) in [6, 6.07) is 0. The molecule has 0 heterocycles. The molecule has 1 nitrogen and oxygen atoms in total. The predicted molar refractivity (Wildman–Crippen MR) is 42.7 cm³/mol. The van der Waals surface area contributed by atoms with E-state index in [2.05, 4.69) is 6.92 Å². The Kier molecular flexibility index (Phi) is 2.59. The Labute approximate surface area is 70.7 Å². The van der Waals surface area contributed by atoms with Crippen LogP contribution in [0.5, 0.6) is 0 Å². The van der Waals surface area contributed by atoms with Crippen molar-refractivity contribution in [2.24, 2.45) is 5.92 Å². The lowest BCUT2D eigenvalue weighted by Gasteiger charge is -2.24. The molecule has 0 saturated heterocycles. The monoisotopic (exact) mass is 180 g/mol. The van der Waals surface area contributed by atoms with E-state index in [0.29, 0.717) is 5.92 Å². The molecule has 1 saturated carbocycles. The van der Waals surface area contributed by atoms with E-state index in [9.17, 15) is 4.79 Å². The van der Waals surface area contributed by atoms with E-state index in [0.717, 1.165) is 12.8 Å². The van der Waals surface area contributed by atoms with Crippen molar-refractivity contribution in [3.05, 3.63) is 0 Å². The first-order valence-corrected chi connectivity index (χ1v) is 4.30. The number of hydrogen-bond acceptors (Lipinski definition) is 1. The van der Waals surface area contributed by atoms with Crippen LogP contribution in [-0.2, 0) is 4.79 Å². The smallest absolute Gasteiger partial charge is 0.168 e. The minimum Gasteiger partial charge on any atom is -0.296 e. The van der Waals surface area contributed by atoms with Crippen molar-refractivity contribution >= 4 is 29.0 Å². The molecule has 1 aliphatic carbocycles. The Morgan fingerprint density at radius 2 is 1.70 bits per heavy atom. The number of carbonyl (C=O) groups is 1. The Morgan fingerprint density at radius 3 is 2.10 bits per heavy atom. The van der Waals surface area contributed by atoms with Crippen LogP contribution in [0.3, 0.4) is 0 Å². The summed E-state index contributed by atoms with van der Waals surface area (Å²) in [6.07, 6.45) is 1.56. The first-order valence-electron chi connectivity index (χ1n) is 3.43. The normalized spacial score (nSPS) is 41.9. The fourth-order valence-electron chi connectivity index (χ4n) is 1.23. The van der Waals surface area contributed by atoms with Crippen LogP contribution >= 0.6 is 23.2 Å². The molecular weight excluding hydrogens is 171 g/mol. The van der Waals surface area contributed by atoms with Gasteiger partial charge in [0, 0.05) is 0 Å². The van der Waals surface area contributed by atoms with E-state index in [-0.39, 0.29) is 16.5 Å². The van der Waals surface area contributed by atoms with Gasteiger partial charge in [-0.25, -0.2) is 0 Å². The molecular formula is C7H10Cl2O. The quantitative estimate of drug-likeness (QED) is 0.523. The highest BCUT2D eigenvalue weighted by Gasteiger charge is 2.31. The summed E-state index contributed by atoms with van der Waals surface area (Å²) in [5, 5.41) is -0.683. The van der Waals surface area contributed by atoms with Crippen molar-refractivity contribution in [2.75, 3.05) is 0 Å². The van der Waals surface area contributed by atoms with E-state index in [4.69, 9.17) is 23.2 Å². The van der Waals surface area contributed by atoms with Gasteiger partial charge >= 0.3 is 0 Å². The lowest BCUT2D eigenvalue weighted by molar-refractivity contribution is -0.120. The van der Waals surface area contributed by atoms with Crippen molar-refractivity contribution in [3.63, 3.8) is 0 Å². The van der Waals surface area contributed by atoms with E-state index in [1.165, 1.54) is 0 Å². The molecule has 0 N–H and O–H groups in total. The molecule has 0 aromatic heterocycles. The van der Waals surface area contributed by atoms with Crippen molar-refractivity contribution in [1.82, 2.24) is 0 Å². The molecule has 0 aliphatic heterocycles. The Morgan fingerprint density at radius 1 is 1.30 bits per heavy atom. The summed E-state index contributed by atoms with van der Waals surface area (Å²) in [7, 11) is 0. The molecule has 1 aliphatic rings. The van der Waals surface area contributed by atoms with E-state index >= 15 is 0 Å². The van der Waals surface area contributed by atoms with Crippen LogP contribution in [0.15, 0.2) is 0 Å². The van der Waals surface area contributed by atoms with Gasteiger partial charge in [0.1, 0.15) is 0 Å². The van der Waals surface area contributed by atoms with Gasteiger partial charge in [-0.15, -0.1) is 23.2 Å². The van der Waals surface area contributed by atoms with Gasteiger partial charge in [-0.05, 0) is 18.8 Å². The Hall–Kier alpha value is 0.250. The average Bonchev–Trinajstić information content (AvgIpc) is 1.82. The van der Waals surface area contributed by atoms with Crippen LogP contribution in [0.1, 0.15) is 19.8 Å². The fourth-order valence-corrected chi connectivity index (χ4v) is 2.21. The van der Waals surface area contributed by atoms with E-state index in [1.807, 2.05) is 0 Å². The third kappa shape index (κ3) is 1.64. The van der Waals surface area contributed by atoms with Crippen LogP contribution < -0.4 is 0 Å². The van der Waals surface area contributed by atoms with Gasteiger partial charge in [-0.1, -0.05) is 6.92 Å². The minimum atomic E-state index is -0.341. The molecule has 0 spiro atoms. The number of Topliss-reactive ketones (excluding diaryl/α,β-unsaturated/α-hetero) is 1. The SMILES string of the molecule is CC1C[C@@H](Cl)C(=O)[C@@H](Cl)C1. The highest BCUT2D eigenvalue weighted by molar-refractivity contribution is 6.40. The Balaban J connectivity index is 2.57. The van der Waals surface area contributed by atoms with Gasteiger partial charge in [-0.2, -0.15) is 0 Å². The van der Waals surface area contributed by atoms with Gasteiger partial charge in [0.25, 0.3) is 0 Å². The van der Waals surface area contributed by atoms with Gasteiger partial charge in [-0.3, -0.25) is 4.79 Å². The average molecular weight is 181 g/mol. The number of rotatable bonds is 0. The largest absolute Gasteiger partial charge is 0.296 e. The second kappa shape index (κ2) is 3.10. The molecule has 1 unspecified atom stereocenters. The number of halogens is 2. The first-order chi connectivity index (χ1) is 4.61. The topological polar surface area (TPSA) is 17.1 Å². The zero-order valence-corrected chi connectivity index (χ0v) is 7.32. The molecule has 0 amide bonds. The number of ketones is 1. The van der Waals surface area contributed by atoms with E-state index < -0.39 is 0 Å². The highest BCUT2D eigenvalue weighted by atomic mass is 35.5. The zero-order valence-electron chi connectivity index (χ0n) is 5.81. The van der Waals surface area contributed by atoms with Crippen molar-refractivity contribution < 1.29 is 4.79 Å². The lowest BCUT2D eigenvalue weighted by atomic mass is 9.89. The zero-order chi connectivity index (χ0) is 7.72. The molecule has 0 radical (unpaired) electrons. The molecule has 0 aromatic rings. The van der Waals surface area contributed by atoms with Crippen molar-refractivity contribution in [3.8, 4) is 0 Å². The molecule has 1 fully saturated rings. The summed E-state index contributed by atoms with van der Waals surface area (Å²) in [5.74, 6) is 0.490. The molecule has 3 atom stereocenters. The van der Waals surface area contributed by atoms with Gasteiger partial charge in [0.2, 0.25) is 0 Å². The number of hydrogen-bond donors (Lipinski definition) is 0. The molecule has 1 rings (SSSR count). The third-order valence-corrected chi connectivity index (χ3v) is 2.62. The molecule has 0 bridgehead atoms. The molecule has 3 heteroatoms. The van der Waals surface area contributed by atoms with E-state index in [1.54, 1.807) is 0 Å². The van der Waals surface area contributed by atoms with Gasteiger partial charge < -0.3 is 0 Å². The van der Waals surface area contributed by atoms with Gasteiger partial charge in [0.05, 0.1) is 10.8 Å². The van der Waals surface area contributed by atoms with Crippen LogP contribution in [0.2, 0.25) is 0 Å². The second-order valence-corrected chi connectivity index (χ2v) is 3.97. The third-order valence-electron chi connectivity index (χ3n) is 1.84. The van der Waals surface area contributed by atoms with Gasteiger partial charge in [0.15, 0.2) is 5.78 Å². The predicted octanol–water partition coefficient (Wildman–Crippen LogP) is 2.20. The second-order valence-electron chi connectivity index (χ2n) is 2.91. The van der Waals surface area contributed by atoms with Crippen LogP contribution in [0.4, 0.5) is 0 Å².